The molecule has 1 fully saturated rings. The first-order valence-corrected chi connectivity index (χ1v) is 6.40. The molecule has 0 aliphatic heterocycles. The lowest BCUT2D eigenvalue weighted by atomic mass is 9.93. The van der Waals surface area contributed by atoms with Gasteiger partial charge in [0.2, 0.25) is 0 Å². The van der Waals surface area contributed by atoms with Crippen LogP contribution in [0.5, 0.6) is 5.75 Å². The molecule has 0 saturated heterocycles. The van der Waals surface area contributed by atoms with Crippen molar-refractivity contribution in [2.24, 2.45) is 5.73 Å². The fraction of sp³-hybridized carbons (Fsp3) is 0.571. The molecule has 1 aromatic carbocycles. The fourth-order valence-corrected chi connectivity index (χ4v) is 2.30. The van der Waals surface area contributed by atoms with Gasteiger partial charge in [-0.3, -0.25) is 0 Å². The third kappa shape index (κ3) is 3.21. The number of benzene rings is 1. The molecule has 0 amide bonds. The Morgan fingerprint density at radius 3 is 2.78 bits per heavy atom. The molecule has 0 aromatic heterocycles. The molecule has 0 heterocycles. The number of hydrogen-bond donors (Lipinski definition) is 1. The molecule has 2 atom stereocenters. The quantitative estimate of drug-likeness (QED) is 0.897. The standard InChI is InChI=1S/C14H20FNO2/c1-17-11-7-6-10(12(15)8-11)9-18-14-5-3-2-4-13(14)16/h6-8,13-14H,2-5,9,16H2,1H3. The Morgan fingerprint density at radius 2 is 2.11 bits per heavy atom. The second kappa shape index (κ2) is 6.16. The van der Waals surface area contributed by atoms with Gasteiger partial charge in [0.1, 0.15) is 11.6 Å². The Kier molecular flexibility index (Phi) is 4.55. The average molecular weight is 253 g/mol. The SMILES string of the molecule is COc1ccc(COC2CCCCC2N)c(F)c1. The summed E-state index contributed by atoms with van der Waals surface area (Å²) in [6.45, 7) is 0.272. The van der Waals surface area contributed by atoms with Crippen molar-refractivity contribution in [3.05, 3.63) is 29.6 Å². The van der Waals surface area contributed by atoms with Gasteiger partial charge in [-0.2, -0.15) is 0 Å². The molecule has 0 bridgehead atoms. The van der Waals surface area contributed by atoms with Crippen LogP contribution in [0.15, 0.2) is 18.2 Å². The maximum Gasteiger partial charge on any atom is 0.132 e. The van der Waals surface area contributed by atoms with E-state index in [-0.39, 0.29) is 24.6 Å². The molecule has 2 unspecified atom stereocenters. The van der Waals surface area contributed by atoms with Crippen LogP contribution >= 0.6 is 0 Å². The van der Waals surface area contributed by atoms with Gasteiger partial charge >= 0.3 is 0 Å². The van der Waals surface area contributed by atoms with E-state index < -0.39 is 0 Å². The monoisotopic (exact) mass is 253 g/mol. The van der Waals surface area contributed by atoms with Gasteiger partial charge in [-0.25, -0.2) is 4.39 Å². The minimum atomic E-state index is -0.293. The first kappa shape index (κ1) is 13.3. The van der Waals surface area contributed by atoms with Crippen LogP contribution in [0.2, 0.25) is 0 Å². The summed E-state index contributed by atoms with van der Waals surface area (Å²) in [6, 6.07) is 4.89. The van der Waals surface area contributed by atoms with Crippen molar-refractivity contribution in [2.75, 3.05) is 7.11 Å². The molecular weight excluding hydrogens is 233 g/mol. The van der Waals surface area contributed by atoms with Gasteiger partial charge < -0.3 is 15.2 Å². The average Bonchev–Trinajstić information content (AvgIpc) is 2.39. The van der Waals surface area contributed by atoms with E-state index in [1.54, 1.807) is 12.1 Å². The van der Waals surface area contributed by atoms with Crippen molar-refractivity contribution in [3.8, 4) is 5.75 Å². The van der Waals surface area contributed by atoms with E-state index in [1.807, 2.05) is 0 Å². The molecule has 0 radical (unpaired) electrons. The van der Waals surface area contributed by atoms with E-state index in [2.05, 4.69) is 0 Å². The Bertz CT molecular complexity index is 397. The Balaban J connectivity index is 1.93. The molecule has 1 saturated carbocycles. The van der Waals surface area contributed by atoms with E-state index in [4.69, 9.17) is 15.2 Å². The second-order valence-electron chi connectivity index (χ2n) is 4.76. The number of nitrogens with two attached hydrogens (primary N) is 1. The first-order chi connectivity index (χ1) is 8.70. The molecule has 2 rings (SSSR count). The summed E-state index contributed by atoms with van der Waals surface area (Å²) in [5, 5.41) is 0. The summed E-state index contributed by atoms with van der Waals surface area (Å²) in [6.07, 6.45) is 4.33. The third-order valence-electron chi connectivity index (χ3n) is 3.47. The van der Waals surface area contributed by atoms with Crippen LogP contribution in [0, 0.1) is 5.82 Å². The van der Waals surface area contributed by atoms with Crippen LogP contribution in [-0.2, 0) is 11.3 Å². The highest BCUT2D eigenvalue weighted by Gasteiger charge is 2.22. The fourth-order valence-electron chi connectivity index (χ4n) is 2.30. The largest absolute Gasteiger partial charge is 0.497 e. The topological polar surface area (TPSA) is 44.5 Å². The van der Waals surface area contributed by atoms with E-state index in [1.165, 1.54) is 13.2 Å². The molecule has 1 aliphatic rings. The molecule has 3 nitrogen and oxygen atoms in total. The highest BCUT2D eigenvalue weighted by atomic mass is 19.1. The van der Waals surface area contributed by atoms with E-state index >= 15 is 0 Å². The Morgan fingerprint density at radius 1 is 1.33 bits per heavy atom. The highest BCUT2D eigenvalue weighted by Crippen LogP contribution is 2.22. The molecule has 2 N–H and O–H groups in total. The minimum absolute atomic E-state index is 0.0558. The summed E-state index contributed by atoms with van der Waals surface area (Å²) in [5.74, 6) is 0.226. The second-order valence-corrected chi connectivity index (χ2v) is 4.76. The van der Waals surface area contributed by atoms with E-state index in [9.17, 15) is 4.39 Å². The number of rotatable bonds is 4. The zero-order valence-corrected chi connectivity index (χ0v) is 10.7. The van der Waals surface area contributed by atoms with Gasteiger partial charge in [0.25, 0.3) is 0 Å². The molecule has 18 heavy (non-hydrogen) atoms. The molecule has 1 aromatic rings. The lowest BCUT2D eigenvalue weighted by molar-refractivity contribution is 0.00286. The third-order valence-corrected chi connectivity index (χ3v) is 3.47. The molecule has 4 heteroatoms. The van der Waals surface area contributed by atoms with E-state index in [0.29, 0.717) is 11.3 Å². The van der Waals surface area contributed by atoms with Gasteiger partial charge in [-0.1, -0.05) is 18.9 Å². The van der Waals surface area contributed by atoms with Crippen molar-refractivity contribution < 1.29 is 13.9 Å². The zero-order chi connectivity index (χ0) is 13.0. The first-order valence-electron chi connectivity index (χ1n) is 6.40. The Labute approximate surface area is 107 Å². The minimum Gasteiger partial charge on any atom is -0.497 e. The summed E-state index contributed by atoms with van der Waals surface area (Å²) in [7, 11) is 1.52. The van der Waals surface area contributed by atoms with Gasteiger partial charge in [0.15, 0.2) is 0 Å². The maximum atomic E-state index is 13.7. The van der Waals surface area contributed by atoms with Crippen LogP contribution in [0.1, 0.15) is 31.2 Å². The number of hydrogen-bond acceptors (Lipinski definition) is 3. The van der Waals surface area contributed by atoms with Crippen molar-refractivity contribution in [3.63, 3.8) is 0 Å². The van der Waals surface area contributed by atoms with Crippen LogP contribution in [0.25, 0.3) is 0 Å². The Hall–Kier alpha value is -1.13. The number of methoxy groups -OCH3 is 1. The predicted octanol–water partition coefficient (Wildman–Crippen LogP) is 2.62. The van der Waals surface area contributed by atoms with Crippen LogP contribution < -0.4 is 10.5 Å². The van der Waals surface area contributed by atoms with Crippen LogP contribution in [0.4, 0.5) is 4.39 Å². The lowest BCUT2D eigenvalue weighted by Gasteiger charge is -2.28. The smallest absolute Gasteiger partial charge is 0.132 e. The van der Waals surface area contributed by atoms with Crippen LogP contribution in [-0.4, -0.2) is 19.3 Å². The van der Waals surface area contributed by atoms with Gasteiger partial charge in [0, 0.05) is 17.7 Å². The molecular formula is C14H20FNO2. The van der Waals surface area contributed by atoms with E-state index in [0.717, 1.165) is 25.7 Å². The molecule has 1 aliphatic carbocycles. The van der Waals surface area contributed by atoms with Gasteiger partial charge in [-0.15, -0.1) is 0 Å². The van der Waals surface area contributed by atoms with Crippen LogP contribution in [0.3, 0.4) is 0 Å². The van der Waals surface area contributed by atoms with Crippen molar-refractivity contribution in [1.82, 2.24) is 0 Å². The highest BCUT2D eigenvalue weighted by molar-refractivity contribution is 5.28. The zero-order valence-electron chi connectivity index (χ0n) is 10.7. The summed E-state index contributed by atoms with van der Waals surface area (Å²) in [5.41, 5.74) is 6.54. The number of ether oxygens (including phenoxy) is 2. The lowest BCUT2D eigenvalue weighted by Crippen LogP contribution is -2.39. The van der Waals surface area contributed by atoms with Gasteiger partial charge in [0.05, 0.1) is 19.8 Å². The van der Waals surface area contributed by atoms with Crippen molar-refractivity contribution in [2.45, 2.75) is 44.4 Å². The summed E-state index contributed by atoms with van der Waals surface area (Å²) < 4.78 is 24.4. The predicted molar refractivity (Wildman–Crippen MR) is 68.0 cm³/mol. The van der Waals surface area contributed by atoms with Crippen molar-refractivity contribution >= 4 is 0 Å². The maximum absolute atomic E-state index is 13.7. The summed E-state index contributed by atoms with van der Waals surface area (Å²) in [4.78, 5) is 0. The molecule has 100 valence electrons. The summed E-state index contributed by atoms with van der Waals surface area (Å²) >= 11 is 0. The van der Waals surface area contributed by atoms with Gasteiger partial charge in [-0.05, 0) is 18.9 Å². The normalized spacial score (nSPS) is 23.9. The van der Waals surface area contributed by atoms with Crippen molar-refractivity contribution in [1.29, 1.82) is 0 Å². The number of halogens is 1. The molecule has 0 spiro atoms.